The maximum absolute atomic E-state index is 13.9. The van der Waals surface area contributed by atoms with Gasteiger partial charge in [0.25, 0.3) is 0 Å². The Kier molecular flexibility index (Phi) is 13.1. The summed E-state index contributed by atoms with van der Waals surface area (Å²) in [4.78, 5) is 103. The van der Waals surface area contributed by atoms with E-state index in [0.717, 1.165) is 7.11 Å². The van der Waals surface area contributed by atoms with E-state index in [1.807, 2.05) is 27.7 Å². The van der Waals surface area contributed by atoms with Gasteiger partial charge in [0.15, 0.2) is 23.8 Å². The number of ketones is 2. The van der Waals surface area contributed by atoms with E-state index >= 15 is 0 Å². The highest BCUT2D eigenvalue weighted by Gasteiger charge is 2.69. The Morgan fingerprint density at radius 1 is 0.615 bits per heavy atom. The second-order valence-corrected chi connectivity index (χ2v) is 19.2. The molecular weight excluding hydrogens is 852 g/mol. The molecule has 0 bridgehead atoms. The Labute approximate surface area is 375 Å². The summed E-state index contributed by atoms with van der Waals surface area (Å²) in [7, 11) is 3.76. The quantitative estimate of drug-likeness (QED) is 0.204. The molecule has 0 radical (unpaired) electrons. The molecule has 0 amide bonds. The van der Waals surface area contributed by atoms with Gasteiger partial charge in [0.1, 0.15) is 12.2 Å². The summed E-state index contributed by atoms with van der Waals surface area (Å²) in [6, 6.07) is 3.46. The van der Waals surface area contributed by atoms with Crippen LogP contribution in [0.5, 0.6) is 0 Å². The highest BCUT2D eigenvalue weighted by atomic mass is 16.7. The number of carbonyl (C=O) groups excluding carboxylic acids is 8. The third-order valence-corrected chi connectivity index (χ3v) is 15.9. The van der Waals surface area contributed by atoms with Gasteiger partial charge in [-0.05, 0) is 79.2 Å². The van der Waals surface area contributed by atoms with Crippen molar-refractivity contribution in [2.24, 2.45) is 57.2 Å². The molecule has 2 saturated heterocycles. The van der Waals surface area contributed by atoms with Crippen LogP contribution in [0.1, 0.15) is 109 Å². The monoisotopic (exact) mass is 910 g/mol. The molecule has 6 fully saturated rings. The molecule has 18 nitrogen and oxygen atoms in total. The standard InChI is InChI=1S/C24H30O9.C23H28O9/c1-5-31-22(28)33-16-10-15(20(26)29-4)23(2)8-6-14-21(27)32-17(13-7-9-30-12-13)11-24(14,3)19(23)18(16)25;1-22-7-5-13-20(26)31-16(12-6-8-30-11-12)10-23(13,2)18(22)17(24)15(32-21(27)29-4)9-14(22)19(25)28-3/h7,9,12,14-17,19H,5-6,8,10-11H2,1-4H3;6,8,11,13-16,18H,5,7,9-10H2,1-4H3/t14-,15-,16-,17-,19?,23-,24-;13-,14-,15-,16-,18?,22-,23-/m00/s1. The van der Waals surface area contributed by atoms with Gasteiger partial charge in [0.2, 0.25) is 0 Å². The second kappa shape index (κ2) is 17.9. The number of methoxy groups -OCH3 is 3. The summed E-state index contributed by atoms with van der Waals surface area (Å²) in [5, 5.41) is 0. The number of carbonyl (C=O) groups is 8. The van der Waals surface area contributed by atoms with Crippen LogP contribution in [0.25, 0.3) is 0 Å². The molecule has 354 valence electrons. The Morgan fingerprint density at radius 3 is 1.38 bits per heavy atom. The van der Waals surface area contributed by atoms with Crippen LogP contribution in [0, 0.1) is 57.2 Å². The smallest absolute Gasteiger partial charge is 0.472 e. The van der Waals surface area contributed by atoms with Crippen LogP contribution in [0.3, 0.4) is 0 Å². The molecule has 0 spiro atoms. The predicted molar refractivity (Wildman–Crippen MR) is 219 cm³/mol. The number of Topliss-reactive ketones (excluding diaryl/α,β-unsaturated/α-hetero) is 2. The van der Waals surface area contributed by atoms with Gasteiger partial charge in [-0.2, -0.15) is 0 Å². The number of ether oxygens (including phenoxy) is 8. The highest BCUT2D eigenvalue weighted by molar-refractivity contribution is 5.94. The Morgan fingerprint density at radius 2 is 1.03 bits per heavy atom. The van der Waals surface area contributed by atoms with Crippen LogP contribution in [-0.2, 0) is 66.7 Å². The first-order valence-corrected chi connectivity index (χ1v) is 22.1. The van der Waals surface area contributed by atoms with Gasteiger partial charge in [-0.15, -0.1) is 0 Å². The van der Waals surface area contributed by atoms with Crippen molar-refractivity contribution in [1.29, 1.82) is 0 Å². The Bertz CT molecular complexity index is 2160. The molecule has 14 atom stereocenters. The van der Waals surface area contributed by atoms with Crippen molar-refractivity contribution in [3.8, 4) is 0 Å². The second-order valence-electron chi connectivity index (χ2n) is 19.2. The topological polar surface area (TPSA) is 237 Å². The van der Waals surface area contributed by atoms with Crippen LogP contribution in [0.2, 0.25) is 0 Å². The molecule has 8 rings (SSSR count). The average Bonchev–Trinajstić information content (AvgIpc) is 4.01. The molecule has 4 aliphatic carbocycles. The van der Waals surface area contributed by atoms with Gasteiger partial charge in [0.05, 0.1) is 76.7 Å². The molecule has 2 unspecified atom stereocenters. The summed E-state index contributed by atoms with van der Waals surface area (Å²) >= 11 is 0. The van der Waals surface area contributed by atoms with Crippen molar-refractivity contribution >= 4 is 47.8 Å². The van der Waals surface area contributed by atoms with Gasteiger partial charge in [-0.3, -0.25) is 28.8 Å². The predicted octanol–water partition coefficient (Wildman–Crippen LogP) is 6.83. The van der Waals surface area contributed by atoms with E-state index < -0.39 is 106 Å². The number of cyclic esters (lactones) is 2. The molecule has 18 heteroatoms. The van der Waals surface area contributed by atoms with Crippen LogP contribution in [-0.4, -0.2) is 87.9 Å². The average molecular weight is 911 g/mol. The van der Waals surface area contributed by atoms with Crippen molar-refractivity contribution in [2.75, 3.05) is 27.9 Å². The minimum Gasteiger partial charge on any atom is -0.472 e. The first kappa shape index (κ1) is 47.3. The van der Waals surface area contributed by atoms with E-state index in [0.29, 0.717) is 49.7 Å². The number of hydrogen-bond acceptors (Lipinski definition) is 18. The van der Waals surface area contributed by atoms with E-state index in [1.54, 1.807) is 19.1 Å². The molecule has 65 heavy (non-hydrogen) atoms. The number of furan rings is 2. The summed E-state index contributed by atoms with van der Waals surface area (Å²) < 4.78 is 52.0. The first-order valence-electron chi connectivity index (χ1n) is 22.1. The fraction of sp³-hybridized carbons (Fsp3) is 0.660. The zero-order chi connectivity index (χ0) is 47.2. The fourth-order valence-electron chi connectivity index (χ4n) is 13.0. The van der Waals surface area contributed by atoms with Gasteiger partial charge in [0, 0.05) is 35.8 Å². The lowest BCUT2D eigenvalue weighted by Gasteiger charge is -2.60. The fourth-order valence-corrected chi connectivity index (χ4v) is 13.0. The van der Waals surface area contributed by atoms with E-state index in [2.05, 4.69) is 4.74 Å². The van der Waals surface area contributed by atoms with Crippen LogP contribution < -0.4 is 0 Å². The third-order valence-electron chi connectivity index (χ3n) is 15.9. The maximum Gasteiger partial charge on any atom is 0.508 e. The van der Waals surface area contributed by atoms with Gasteiger partial charge in [-0.25, -0.2) is 9.59 Å². The van der Waals surface area contributed by atoms with E-state index in [9.17, 15) is 38.4 Å². The Hall–Kier alpha value is -5.68. The molecule has 6 aliphatic rings. The molecule has 0 N–H and O–H groups in total. The van der Waals surface area contributed by atoms with E-state index in [1.165, 1.54) is 39.3 Å². The lowest BCUT2D eigenvalue weighted by molar-refractivity contribution is -0.210. The zero-order valence-corrected chi connectivity index (χ0v) is 38.0. The largest absolute Gasteiger partial charge is 0.508 e. The van der Waals surface area contributed by atoms with Crippen LogP contribution in [0.4, 0.5) is 9.59 Å². The number of fused-ring (bicyclic) bond motifs is 6. The minimum atomic E-state index is -1.16. The number of rotatable bonds is 7. The van der Waals surface area contributed by atoms with Gasteiger partial charge >= 0.3 is 36.2 Å². The molecule has 2 aliphatic heterocycles. The van der Waals surface area contributed by atoms with Crippen LogP contribution >= 0.6 is 0 Å². The van der Waals surface area contributed by atoms with Crippen molar-refractivity contribution in [1.82, 2.24) is 0 Å². The number of esters is 4. The molecule has 0 aromatic carbocycles. The molecule has 2 aromatic rings. The molecule has 2 aromatic heterocycles. The first-order chi connectivity index (χ1) is 30.8. The molecular formula is C47H58O18. The minimum absolute atomic E-state index is 0.0178. The summed E-state index contributed by atoms with van der Waals surface area (Å²) in [6.07, 6.45) is 3.36. The zero-order valence-electron chi connectivity index (χ0n) is 38.0. The van der Waals surface area contributed by atoms with Crippen molar-refractivity contribution in [3.63, 3.8) is 0 Å². The normalized spacial score (nSPS) is 38.3. The number of hydrogen-bond donors (Lipinski definition) is 0. The summed E-state index contributed by atoms with van der Waals surface area (Å²) in [6.45, 7) is 9.35. The third kappa shape index (κ3) is 8.08. The lowest BCUT2D eigenvalue weighted by atomic mass is 9.43. The van der Waals surface area contributed by atoms with E-state index in [4.69, 9.17) is 42.0 Å². The SMILES string of the molecule is CCOC(=O)O[C@H]1C[C@@H](C(=O)OC)[C@]2(C)CC[C@H]3C(=O)O[C@H](c4ccoc4)C[C@]3(C)C2C1=O.COC(=O)O[C@H]1C[C@@H](C(=O)OC)[C@]2(C)CC[C@H]3C(=O)O[C@H](c4ccoc4)C[C@]3(C)C2C1=O. The van der Waals surface area contributed by atoms with Crippen LogP contribution in [0.15, 0.2) is 46.0 Å². The molecule has 4 saturated carbocycles. The van der Waals surface area contributed by atoms with Gasteiger partial charge < -0.3 is 46.7 Å². The van der Waals surface area contributed by atoms with E-state index in [-0.39, 0.29) is 43.0 Å². The Balaban J connectivity index is 0.000000194. The van der Waals surface area contributed by atoms with Gasteiger partial charge in [-0.1, -0.05) is 27.7 Å². The van der Waals surface area contributed by atoms with Crippen molar-refractivity contribution in [2.45, 2.75) is 110 Å². The highest BCUT2D eigenvalue weighted by Crippen LogP contribution is 2.67. The van der Waals surface area contributed by atoms with Crippen molar-refractivity contribution < 1.29 is 85.1 Å². The van der Waals surface area contributed by atoms with Crippen molar-refractivity contribution in [3.05, 3.63) is 48.3 Å². The summed E-state index contributed by atoms with van der Waals surface area (Å²) in [5.41, 5.74) is -1.73. The molecule has 4 heterocycles. The maximum atomic E-state index is 13.9. The lowest BCUT2D eigenvalue weighted by Crippen LogP contribution is -2.64. The summed E-state index contributed by atoms with van der Waals surface area (Å²) in [5.74, 6) is -6.06.